The van der Waals surface area contributed by atoms with Crippen molar-refractivity contribution in [2.45, 2.75) is 32.4 Å². The molecule has 0 spiro atoms. The van der Waals surface area contributed by atoms with E-state index in [-0.39, 0.29) is 43.4 Å². The van der Waals surface area contributed by atoms with Gasteiger partial charge in [0, 0.05) is 37.6 Å². The molecule has 0 aliphatic carbocycles. The molecule has 33 heavy (non-hydrogen) atoms. The molecule has 1 atom stereocenters. The van der Waals surface area contributed by atoms with Gasteiger partial charge in [0.25, 0.3) is 0 Å². The predicted octanol–water partition coefficient (Wildman–Crippen LogP) is 3.33. The summed E-state index contributed by atoms with van der Waals surface area (Å²) in [5, 5.41) is 2.95. The summed E-state index contributed by atoms with van der Waals surface area (Å²) in [5.41, 5.74) is 0.610. The van der Waals surface area contributed by atoms with Crippen molar-refractivity contribution in [3.8, 4) is 0 Å². The Bertz CT molecular complexity index is 1110. The maximum Gasteiger partial charge on any atom is 0.242 e. The highest BCUT2D eigenvalue weighted by molar-refractivity contribution is 7.92. The van der Waals surface area contributed by atoms with E-state index in [1.54, 1.807) is 31.2 Å². The van der Waals surface area contributed by atoms with Crippen LogP contribution < -0.4 is 9.62 Å². The van der Waals surface area contributed by atoms with Crippen molar-refractivity contribution in [1.82, 2.24) is 10.2 Å². The fourth-order valence-electron chi connectivity index (χ4n) is 3.25. The van der Waals surface area contributed by atoms with Gasteiger partial charge in [-0.2, -0.15) is 0 Å². The van der Waals surface area contributed by atoms with Gasteiger partial charge in [-0.3, -0.25) is 13.9 Å². The first-order valence-corrected chi connectivity index (χ1v) is 12.4. The lowest BCUT2D eigenvalue weighted by molar-refractivity contribution is -0.140. The Labute approximate surface area is 197 Å². The molecule has 0 saturated carbocycles. The summed E-state index contributed by atoms with van der Waals surface area (Å²) in [6, 6.07) is 8.91. The van der Waals surface area contributed by atoms with Crippen LogP contribution in [0.15, 0.2) is 42.5 Å². The van der Waals surface area contributed by atoms with Crippen molar-refractivity contribution in [1.29, 1.82) is 0 Å². The van der Waals surface area contributed by atoms with Gasteiger partial charge in [-0.25, -0.2) is 17.2 Å². The largest absolute Gasteiger partial charge is 0.357 e. The molecule has 0 aliphatic heterocycles. The lowest BCUT2D eigenvalue weighted by Crippen LogP contribution is -2.46. The van der Waals surface area contributed by atoms with Gasteiger partial charge in [0.05, 0.1) is 11.9 Å². The lowest BCUT2D eigenvalue weighted by atomic mass is 10.1. The zero-order chi connectivity index (χ0) is 24.8. The Hall–Kier alpha value is -2.72. The average molecular weight is 502 g/mol. The molecule has 1 N–H and O–H groups in total. The van der Waals surface area contributed by atoms with E-state index in [1.165, 1.54) is 11.9 Å². The number of nitrogens with one attached hydrogen (secondary N) is 1. The number of carbonyl (C=O) groups excluding carboxylic acids is 2. The zero-order valence-corrected chi connectivity index (χ0v) is 20.1. The summed E-state index contributed by atoms with van der Waals surface area (Å²) >= 11 is 6.21. The van der Waals surface area contributed by atoms with Gasteiger partial charge in [-0.1, -0.05) is 29.8 Å². The van der Waals surface area contributed by atoms with Crippen LogP contribution >= 0.6 is 11.6 Å². The normalized spacial score (nSPS) is 12.2. The maximum atomic E-state index is 13.6. The summed E-state index contributed by atoms with van der Waals surface area (Å²) in [7, 11) is -2.35. The van der Waals surface area contributed by atoms with E-state index in [0.29, 0.717) is 10.6 Å². The molecule has 2 rings (SSSR count). The molecule has 0 aromatic heterocycles. The number of hydrogen-bond acceptors (Lipinski definition) is 4. The zero-order valence-electron chi connectivity index (χ0n) is 18.5. The molecule has 0 radical (unpaired) electrons. The van der Waals surface area contributed by atoms with Crippen LogP contribution in [-0.2, 0) is 26.2 Å². The molecule has 0 bridgehead atoms. The van der Waals surface area contributed by atoms with Gasteiger partial charge in [-0.05, 0) is 37.1 Å². The molecule has 0 heterocycles. The molecular formula is C22H26ClF2N3O4S. The third-order valence-electron chi connectivity index (χ3n) is 5.06. The Kier molecular flexibility index (Phi) is 9.18. The van der Waals surface area contributed by atoms with Crippen molar-refractivity contribution in [2.24, 2.45) is 0 Å². The number of halogens is 3. The lowest BCUT2D eigenvalue weighted by Gasteiger charge is -2.29. The van der Waals surface area contributed by atoms with Gasteiger partial charge in [-0.15, -0.1) is 0 Å². The van der Waals surface area contributed by atoms with Crippen LogP contribution in [0.1, 0.15) is 25.3 Å². The first-order valence-electron chi connectivity index (χ1n) is 10.1. The second kappa shape index (κ2) is 11.4. The molecule has 11 heteroatoms. The average Bonchev–Trinajstić information content (AvgIpc) is 2.76. The van der Waals surface area contributed by atoms with Gasteiger partial charge in [0.15, 0.2) is 11.6 Å². The molecule has 2 aromatic carbocycles. The van der Waals surface area contributed by atoms with Gasteiger partial charge in [0.1, 0.15) is 6.04 Å². The molecule has 0 fully saturated rings. The number of nitrogens with zero attached hydrogens (tertiary/aromatic N) is 2. The molecule has 0 unspecified atom stereocenters. The molecule has 2 aromatic rings. The van der Waals surface area contributed by atoms with Gasteiger partial charge in [0.2, 0.25) is 21.8 Å². The van der Waals surface area contributed by atoms with E-state index in [2.05, 4.69) is 5.32 Å². The number of likely N-dealkylation sites (N-methyl/N-ethyl adjacent to an activating group) is 1. The first kappa shape index (κ1) is 26.5. The first-order chi connectivity index (χ1) is 15.5. The summed E-state index contributed by atoms with van der Waals surface area (Å²) in [4.78, 5) is 26.6. The molecule has 0 aliphatic rings. The van der Waals surface area contributed by atoms with Crippen LogP contribution in [0.5, 0.6) is 0 Å². The van der Waals surface area contributed by atoms with Crippen LogP contribution in [0.2, 0.25) is 5.02 Å². The number of hydrogen-bond donors (Lipinski definition) is 1. The standard InChI is InChI=1S/C22H26ClF2N3O4S/c1-15(22(30)26-2)27(14-16-7-4-5-8-18(16)23)21(29)9-6-12-28(33(3,31)32)17-10-11-19(24)20(25)13-17/h4-5,7-8,10-11,13,15H,6,9,12,14H2,1-3H3,(H,26,30)/t15-/m1/s1. The summed E-state index contributed by atoms with van der Waals surface area (Å²) in [6.45, 7) is 1.54. The summed E-state index contributed by atoms with van der Waals surface area (Å²) in [5.74, 6) is -3.02. The van der Waals surface area contributed by atoms with Crippen molar-refractivity contribution >= 4 is 39.1 Å². The smallest absolute Gasteiger partial charge is 0.242 e. The summed E-state index contributed by atoms with van der Waals surface area (Å²) < 4.78 is 52.2. The van der Waals surface area contributed by atoms with Crippen LogP contribution in [0.25, 0.3) is 0 Å². The third kappa shape index (κ3) is 7.13. The number of rotatable bonds is 10. The monoisotopic (exact) mass is 501 g/mol. The topological polar surface area (TPSA) is 86.8 Å². The molecule has 180 valence electrons. The SMILES string of the molecule is CNC(=O)[C@@H](C)N(Cc1ccccc1Cl)C(=O)CCCN(c1ccc(F)c(F)c1)S(C)(=O)=O. The highest BCUT2D eigenvalue weighted by Gasteiger charge is 2.26. The highest BCUT2D eigenvalue weighted by atomic mass is 35.5. The minimum atomic E-state index is -3.82. The van der Waals surface area contributed by atoms with Crippen molar-refractivity contribution in [2.75, 3.05) is 24.2 Å². The fourth-order valence-corrected chi connectivity index (χ4v) is 4.40. The van der Waals surface area contributed by atoms with Crippen LogP contribution in [-0.4, -0.2) is 51.0 Å². The van der Waals surface area contributed by atoms with E-state index < -0.39 is 27.7 Å². The van der Waals surface area contributed by atoms with Crippen LogP contribution in [0, 0.1) is 11.6 Å². The van der Waals surface area contributed by atoms with Crippen molar-refractivity contribution in [3.05, 3.63) is 64.7 Å². The fraction of sp³-hybridized carbons (Fsp3) is 0.364. The second-order valence-electron chi connectivity index (χ2n) is 7.44. The van der Waals surface area contributed by atoms with Crippen molar-refractivity contribution in [3.63, 3.8) is 0 Å². The molecule has 0 saturated heterocycles. The molecule has 2 amide bonds. The maximum absolute atomic E-state index is 13.6. The number of sulfonamides is 1. The Morgan fingerprint density at radius 2 is 1.79 bits per heavy atom. The van der Waals surface area contributed by atoms with E-state index in [9.17, 15) is 26.8 Å². The van der Waals surface area contributed by atoms with Gasteiger partial charge >= 0.3 is 0 Å². The number of amides is 2. The molecule has 7 nitrogen and oxygen atoms in total. The van der Waals surface area contributed by atoms with Crippen molar-refractivity contribution < 1.29 is 26.8 Å². The quantitative estimate of drug-likeness (QED) is 0.541. The number of carbonyl (C=O) groups is 2. The third-order valence-corrected chi connectivity index (χ3v) is 6.62. The number of anilines is 1. The van der Waals surface area contributed by atoms with Crippen LogP contribution in [0.4, 0.5) is 14.5 Å². The van der Waals surface area contributed by atoms with E-state index in [1.807, 2.05) is 0 Å². The minimum absolute atomic E-state index is 0.0458. The van der Waals surface area contributed by atoms with Crippen LogP contribution in [0.3, 0.4) is 0 Å². The van der Waals surface area contributed by atoms with E-state index in [4.69, 9.17) is 11.6 Å². The second-order valence-corrected chi connectivity index (χ2v) is 9.75. The van der Waals surface area contributed by atoms with Gasteiger partial charge < -0.3 is 10.2 Å². The predicted molar refractivity (Wildman–Crippen MR) is 123 cm³/mol. The Morgan fingerprint density at radius 3 is 2.36 bits per heavy atom. The van der Waals surface area contributed by atoms with E-state index in [0.717, 1.165) is 28.8 Å². The highest BCUT2D eigenvalue weighted by Crippen LogP contribution is 2.22. The Morgan fingerprint density at radius 1 is 1.12 bits per heavy atom. The Balaban J connectivity index is 2.17. The van der Waals surface area contributed by atoms with E-state index >= 15 is 0 Å². The molecular weight excluding hydrogens is 476 g/mol. The minimum Gasteiger partial charge on any atom is -0.357 e. The number of benzene rings is 2. The summed E-state index contributed by atoms with van der Waals surface area (Å²) in [6.07, 6.45) is 0.944.